The summed E-state index contributed by atoms with van der Waals surface area (Å²) in [5, 5.41) is 3.59. The van der Waals surface area contributed by atoms with Gasteiger partial charge in [-0.2, -0.15) is 0 Å². The number of hydrogen-bond acceptors (Lipinski definition) is 5. The normalized spacial score (nSPS) is 13.5. The Morgan fingerprint density at radius 2 is 1.61 bits per heavy atom. The highest BCUT2D eigenvalue weighted by Crippen LogP contribution is 2.29. The summed E-state index contributed by atoms with van der Waals surface area (Å²) in [6.45, 7) is 1.14. The van der Waals surface area contributed by atoms with Crippen molar-refractivity contribution in [3.8, 4) is 11.4 Å². The zero-order chi connectivity index (χ0) is 32.4. The average Bonchev–Trinajstić information content (AvgIpc) is 3.48. The van der Waals surface area contributed by atoms with Crippen LogP contribution in [0.25, 0.3) is 22.4 Å². The fraction of sp³-hybridized carbons (Fsp3) is 0.200. The number of H-pyrrole nitrogens is 1. The van der Waals surface area contributed by atoms with Crippen molar-refractivity contribution in [2.24, 2.45) is 5.92 Å². The molecule has 8 nitrogen and oxygen atoms in total. The Kier molecular flexibility index (Phi) is 9.05. The molecule has 0 radical (unpaired) electrons. The number of amides is 2. The number of aromatic nitrogens is 2. The highest BCUT2D eigenvalue weighted by molar-refractivity contribution is 6.42. The van der Waals surface area contributed by atoms with Gasteiger partial charge < -0.3 is 19.9 Å². The zero-order valence-electron chi connectivity index (χ0n) is 24.8. The van der Waals surface area contributed by atoms with E-state index in [-0.39, 0.29) is 23.0 Å². The number of nitrogens with one attached hydrogen (secondary N) is 2. The number of carbonyl (C=O) groups excluding carboxylic acids is 3. The molecule has 0 unspecified atom stereocenters. The van der Waals surface area contributed by atoms with Gasteiger partial charge in [-0.15, -0.1) is 0 Å². The van der Waals surface area contributed by atoms with Crippen LogP contribution >= 0.6 is 23.2 Å². The molecule has 4 aromatic carbocycles. The van der Waals surface area contributed by atoms with Gasteiger partial charge in [0, 0.05) is 29.8 Å². The van der Waals surface area contributed by atoms with E-state index in [1.165, 1.54) is 31.4 Å². The van der Waals surface area contributed by atoms with Gasteiger partial charge >= 0.3 is 5.97 Å². The topological polar surface area (TPSA) is 104 Å². The highest BCUT2D eigenvalue weighted by Gasteiger charge is 2.26. The second-order valence-electron chi connectivity index (χ2n) is 11.2. The number of nitrogens with zero attached hydrogens (tertiary/aromatic N) is 2. The number of aromatic amines is 1. The van der Waals surface area contributed by atoms with E-state index < -0.39 is 11.9 Å². The number of carbonyl (C=O) groups is 3. The second kappa shape index (κ2) is 13.3. The number of halogens is 3. The third-order valence-electron chi connectivity index (χ3n) is 8.20. The van der Waals surface area contributed by atoms with Crippen molar-refractivity contribution in [2.45, 2.75) is 19.3 Å². The van der Waals surface area contributed by atoms with Crippen molar-refractivity contribution in [2.75, 3.05) is 25.5 Å². The maximum Gasteiger partial charge on any atom is 0.340 e. The summed E-state index contributed by atoms with van der Waals surface area (Å²) in [5.41, 5.74) is 4.19. The van der Waals surface area contributed by atoms with E-state index in [1.807, 2.05) is 0 Å². The largest absolute Gasteiger partial charge is 0.465 e. The standard InChI is InChI=1S/C35H29Cl2FN4O4/c1-46-35(45)26-17-24(34(44)42-14-12-21(13-15-42)16-20-2-9-25(38)10-3-20)8-11-29(26)41-33(43)23-6-4-22(5-7-23)32-39-30-18-27(36)28(37)19-31(30)40-32/h2-11,17-19,21H,12-16H2,1H3,(H,39,40)(H,41,43). The quantitative estimate of drug-likeness (QED) is 0.174. The number of piperidine rings is 1. The Morgan fingerprint density at radius 1 is 0.935 bits per heavy atom. The van der Waals surface area contributed by atoms with Crippen LogP contribution in [0.4, 0.5) is 10.1 Å². The van der Waals surface area contributed by atoms with Crippen LogP contribution in [0.1, 0.15) is 49.5 Å². The molecule has 0 bridgehead atoms. The third-order valence-corrected chi connectivity index (χ3v) is 8.93. The average molecular weight is 660 g/mol. The summed E-state index contributed by atoms with van der Waals surface area (Å²) in [7, 11) is 1.24. The maximum atomic E-state index is 13.4. The molecule has 0 aliphatic carbocycles. The number of anilines is 1. The molecule has 0 atom stereocenters. The summed E-state index contributed by atoms with van der Waals surface area (Å²) in [6, 6.07) is 21.3. The van der Waals surface area contributed by atoms with Gasteiger partial charge in [0.15, 0.2) is 0 Å². The first kappa shape index (κ1) is 31.3. The third kappa shape index (κ3) is 6.76. The molecule has 1 saturated heterocycles. The van der Waals surface area contributed by atoms with E-state index >= 15 is 0 Å². The van der Waals surface area contributed by atoms with Crippen molar-refractivity contribution in [1.82, 2.24) is 14.9 Å². The van der Waals surface area contributed by atoms with Crippen LogP contribution in [0, 0.1) is 11.7 Å². The number of methoxy groups -OCH3 is 1. The molecule has 1 aliphatic rings. The number of benzene rings is 4. The Bertz CT molecular complexity index is 1900. The zero-order valence-corrected chi connectivity index (χ0v) is 26.3. The Balaban J connectivity index is 1.12. The van der Waals surface area contributed by atoms with Gasteiger partial charge in [-0.05, 0) is 85.3 Å². The maximum absolute atomic E-state index is 13.4. The number of hydrogen-bond donors (Lipinski definition) is 2. The van der Waals surface area contributed by atoms with Gasteiger partial charge in [0.2, 0.25) is 0 Å². The molecule has 46 heavy (non-hydrogen) atoms. The van der Waals surface area contributed by atoms with Crippen molar-refractivity contribution in [3.05, 3.63) is 117 Å². The van der Waals surface area contributed by atoms with Gasteiger partial charge in [0.1, 0.15) is 11.6 Å². The summed E-state index contributed by atoms with van der Waals surface area (Å²) in [5.74, 6) is -0.595. The van der Waals surface area contributed by atoms with E-state index in [4.69, 9.17) is 27.9 Å². The predicted octanol–water partition coefficient (Wildman–Crippen LogP) is 7.81. The molecule has 5 aromatic rings. The van der Waals surface area contributed by atoms with E-state index in [9.17, 15) is 18.8 Å². The smallest absolute Gasteiger partial charge is 0.340 e. The van der Waals surface area contributed by atoms with Gasteiger partial charge in [0.25, 0.3) is 11.8 Å². The molecular weight excluding hydrogens is 630 g/mol. The Labute approximate surface area is 274 Å². The minimum atomic E-state index is -0.677. The molecule has 1 fully saturated rings. The van der Waals surface area contributed by atoms with Crippen LogP contribution in [0.2, 0.25) is 10.0 Å². The van der Waals surface area contributed by atoms with Crippen molar-refractivity contribution < 1.29 is 23.5 Å². The summed E-state index contributed by atoms with van der Waals surface area (Å²) < 4.78 is 18.2. The minimum Gasteiger partial charge on any atom is -0.465 e. The Hall–Kier alpha value is -4.73. The Morgan fingerprint density at radius 3 is 2.30 bits per heavy atom. The van der Waals surface area contributed by atoms with E-state index in [0.717, 1.165) is 35.9 Å². The van der Waals surface area contributed by atoms with E-state index in [0.29, 0.717) is 51.5 Å². The summed E-state index contributed by atoms with van der Waals surface area (Å²) >= 11 is 12.2. The lowest BCUT2D eigenvalue weighted by atomic mass is 9.90. The van der Waals surface area contributed by atoms with Crippen molar-refractivity contribution in [1.29, 1.82) is 0 Å². The molecular formula is C35H29Cl2FN4O4. The molecule has 2 N–H and O–H groups in total. The van der Waals surface area contributed by atoms with Crippen molar-refractivity contribution in [3.63, 3.8) is 0 Å². The first-order chi connectivity index (χ1) is 22.2. The lowest BCUT2D eigenvalue weighted by Gasteiger charge is -2.32. The highest BCUT2D eigenvalue weighted by atomic mass is 35.5. The molecule has 0 saturated carbocycles. The lowest BCUT2D eigenvalue weighted by molar-refractivity contribution is 0.0602. The molecule has 11 heteroatoms. The van der Waals surface area contributed by atoms with E-state index in [2.05, 4.69) is 15.3 Å². The number of imidazole rings is 1. The number of fused-ring (bicyclic) bond motifs is 1. The fourth-order valence-electron chi connectivity index (χ4n) is 5.66. The number of esters is 1. The predicted molar refractivity (Wildman–Crippen MR) is 176 cm³/mol. The van der Waals surface area contributed by atoms with Crippen LogP contribution in [-0.2, 0) is 11.2 Å². The summed E-state index contributed by atoms with van der Waals surface area (Å²) in [6.07, 6.45) is 2.47. The van der Waals surface area contributed by atoms with Gasteiger partial charge in [-0.3, -0.25) is 9.59 Å². The first-order valence-electron chi connectivity index (χ1n) is 14.7. The molecule has 2 amide bonds. The fourth-order valence-corrected chi connectivity index (χ4v) is 5.98. The van der Waals surface area contributed by atoms with Gasteiger partial charge in [-0.1, -0.05) is 47.5 Å². The number of likely N-dealkylation sites (tertiary alicyclic amines) is 1. The van der Waals surface area contributed by atoms with Crippen LogP contribution in [0.3, 0.4) is 0 Å². The van der Waals surface area contributed by atoms with Gasteiger partial charge in [0.05, 0.1) is 39.4 Å². The lowest BCUT2D eigenvalue weighted by Crippen LogP contribution is -2.39. The summed E-state index contributed by atoms with van der Waals surface area (Å²) in [4.78, 5) is 48.8. The van der Waals surface area contributed by atoms with Gasteiger partial charge in [-0.25, -0.2) is 14.2 Å². The molecule has 0 spiro atoms. The molecule has 6 rings (SSSR count). The van der Waals surface area contributed by atoms with Crippen LogP contribution in [-0.4, -0.2) is 52.9 Å². The number of ether oxygens (including phenoxy) is 1. The van der Waals surface area contributed by atoms with Crippen molar-refractivity contribution >= 4 is 57.7 Å². The monoisotopic (exact) mass is 658 g/mol. The van der Waals surface area contributed by atoms with Crippen LogP contribution < -0.4 is 5.32 Å². The molecule has 1 aliphatic heterocycles. The van der Waals surface area contributed by atoms with Crippen LogP contribution in [0.5, 0.6) is 0 Å². The number of rotatable bonds is 7. The van der Waals surface area contributed by atoms with E-state index in [1.54, 1.807) is 59.5 Å². The molecule has 1 aromatic heterocycles. The minimum absolute atomic E-state index is 0.0733. The van der Waals surface area contributed by atoms with Crippen LogP contribution in [0.15, 0.2) is 78.9 Å². The second-order valence-corrected chi connectivity index (χ2v) is 12.0. The SMILES string of the molecule is COC(=O)c1cc(C(=O)N2CCC(Cc3ccc(F)cc3)CC2)ccc1NC(=O)c1ccc(-c2nc3cc(Cl)c(Cl)cc3[nH]2)cc1. The molecule has 2 heterocycles. The molecule has 234 valence electrons. The first-order valence-corrected chi connectivity index (χ1v) is 15.5.